The molecule has 2 rings (SSSR count). The normalized spacial score (nSPS) is 19.7. The van der Waals surface area contributed by atoms with Gasteiger partial charge in [-0.2, -0.15) is 16.1 Å². The van der Waals surface area contributed by atoms with Crippen molar-refractivity contribution in [3.8, 4) is 17.6 Å². The van der Waals surface area contributed by atoms with Crippen LogP contribution in [-0.4, -0.2) is 53.5 Å². The molecule has 1 heterocycles. The molecule has 1 unspecified atom stereocenters. The molecule has 0 saturated carbocycles. The summed E-state index contributed by atoms with van der Waals surface area (Å²) in [5.74, 6) is 6.31. The number of benzene rings is 1. The molecule has 0 aliphatic carbocycles. The first-order chi connectivity index (χ1) is 13.4. The number of rotatable bonds is 5. The highest BCUT2D eigenvalue weighted by molar-refractivity contribution is 8.00. The Kier molecular flexibility index (Phi) is 7.28. The molecule has 1 fully saturated rings. The van der Waals surface area contributed by atoms with Gasteiger partial charge in [0.25, 0.3) is 5.91 Å². The number of amides is 1. The Labute approximate surface area is 177 Å². The molecule has 1 saturated heterocycles. The first-order valence-electron chi connectivity index (χ1n) is 9.21. The van der Waals surface area contributed by atoms with Crippen LogP contribution in [0.3, 0.4) is 0 Å². The van der Waals surface area contributed by atoms with Crippen molar-refractivity contribution in [2.45, 2.75) is 50.3 Å². The minimum absolute atomic E-state index is 0.0593. The SMILES string of the molecule is CC(C)(C)C#CCOc1ccc(S(=O)(=O)N2CCSC(C)(C)C2C(=O)NO)cc1. The fraction of sp³-hybridized carbons (Fsp3) is 0.550. The number of nitrogens with one attached hydrogen (secondary N) is 1. The van der Waals surface area contributed by atoms with Crippen molar-refractivity contribution in [1.82, 2.24) is 9.79 Å². The van der Waals surface area contributed by atoms with Crippen LogP contribution in [-0.2, 0) is 14.8 Å². The van der Waals surface area contributed by atoms with E-state index in [1.54, 1.807) is 31.5 Å². The summed E-state index contributed by atoms with van der Waals surface area (Å²) < 4.78 is 32.4. The fourth-order valence-electron chi connectivity index (χ4n) is 2.98. The summed E-state index contributed by atoms with van der Waals surface area (Å²) in [5.41, 5.74) is 1.49. The van der Waals surface area contributed by atoms with E-state index in [2.05, 4.69) is 11.8 Å². The number of hydrogen-bond donors (Lipinski definition) is 2. The second kappa shape index (κ2) is 8.96. The number of ether oxygens (including phenoxy) is 1. The summed E-state index contributed by atoms with van der Waals surface area (Å²) in [6.45, 7) is 9.97. The van der Waals surface area contributed by atoms with Gasteiger partial charge in [0.05, 0.1) is 4.90 Å². The van der Waals surface area contributed by atoms with Crippen molar-refractivity contribution in [2.75, 3.05) is 18.9 Å². The Morgan fingerprint density at radius 1 is 1.34 bits per heavy atom. The Hall–Kier alpha value is -1.73. The maximum absolute atomic E-state index is 13.2. The van der Waals surface area contributed by atoms with Crippen LogP contribution in [0.15, 0.2) is 29.2 Å². The van der Waals surface area contributed by atoms with E-state index in [1.165, 1.54) is 23.9 Å². The van der Waals surface area contributed by atoms with Gasteiger partial charge in [0.1, 0.15) is 18.4 Å². The predicted molar refractivity (Wildman–Crippen MR) is 113 cm³/mol. The van der Waals surface area contributed by atoms with Crippen LogP contribution in [0.4, 0.5) is 0 Å². The van der Waals surface area contributed by atoms with Crippen LogP contribution in [0.1, 0.15) is 34.6 Å². The van der Waals surface area contributed by atoms with Gasteiger partial charge in [-0.15, -0.1) is 0 Å². The molecular formula is C20H28N2O5S2. The molecule has 1 aliphatic rings. The Bertz CT molecular complexity index is 894. The van der Waals surface area contributed by atoms with E-state index in [4.69, 9.17) is 9.94 Å². The van der Waals surface area contributed by atoms with E-state index in [0.29, 0.717) is 11.5 Å². The highest BCUT2D eigenvalue weighted by Gasteiger charge is 2.48. The highest BCUT2D eigenvalue weighted by Crippen LogP contribution is 2.38. The molecule has 29 heavy (non-hydrogen) atoms. The molecule has 1 amide bonds. The molecule has 9 heteroatoms. The summed E-state index contributed by atoms with van der Waals surface area (Å²) in [5, 5.41) is 9.10. The molecular weight excluding hydrogens is 412 g/mol. The summed E-state index contributed by atoms with van der Waals surface area (Å²) in [6, 6.07) is 5.00. The quantitative estimate of drug-likeness (QED) is 0.415. The van der Waals surface area contributed by atoms with Crippen LogP contribution < -0.4 is 10.2 Å². The Morgan fingerprint density at radius 2 is 1.97 bits per heavy atom. The monoisotopic (exact) mass is 440 g/mol. The second-order valence-electron chi connectivity index (χ2n) is 8.26. The molecule has 1 aromatic rings. The van der Waals surface area contributed by atoms with Gasteiger partial charge in [0, 0.05) is 22.5 Å². The van der Waals surface area contributed by atoms with Gasteiger partial charge in [-0.3, -0.25) is 10.0 Å². The van der Waals surface area contributed by atoms with Gasteiger partial charge in [0.15, 0.2) is 0 Å². The van der Waals surface area contributed by atoms with Crippen molar-refractivity contribution in [3.05, 3.63) is 24.3 Å². The van der Waals surface area contributed by atoms with E-state index < -0.39 is 26.7 Å². The van der Waals surface area contributed by atoms with Crippen LogP contribution in [0.2, 0.25) is 0 Å². The zero-order valence-corrected chi connectivity index (χ0v) is 19.0. The average Bonchev–Trinajstić information content (AvgIpc) is 2.63. The summed E-state index contributed by atoms with van der Waals surface area (Å²) in [6.07, 6.45) is 0. The number of sulfonamides is 1. The lowest BCUT2D eigenvalue weighted by Crippen LogP contribution is -2.61. The van der Waals surface area contributed by atoms with Gasteiger partial charge in [-0.1, -0.05) is 11.8 Å². The molecule has 2 N–H and O–H groups in total. The number of carbonyl (C=O) groups excluding carboxylic acids is 1. The number of thioether (sulfide) groups is 1. The first kappa shape index (κ1) is 23.5. The summed E-state index contributed by atoms with van der Waals surface area (Å²) in [4.78, 5) is 12.3. The van der Waals surface area contributed by atoms with Gasteiger partial charge in [-0.05, 0) is 58.9 Å². The van der Waals surface area contributed by atoms with Gasteiger partial charge in [0.2, 0.25) is 10.0 Å². The Balaban J connectivity index is 2.21. The molecule has 0 spiro atoms. The Morgan fingerprint density at radius 3 is 2.52 bits per heavy atom. The van der Waals surface area contributed by atoms with Crippen molar-refractivity contribution >= 4 is 27.7 Å². The zero-order chi connectivity index (χ0) is 21.9. The summed E-state index contributed by atoms with van der Waals surface area (Å²) in [7, 11) is -3.93. The van der Waals surface area contributed by atoms with Crippen LogP contribution in [0.5, 0.6) is 5.75 Å². The van der Waals surface area contributed by atoms with Crippen molar-refractivity contribution < 1.29 is 23.2 Å². The molecule has 160 valence electrons. The lowest BCUT2D eigenvalue weighted by Gasteiger charge is -2.43. The van der Waals surface area contributed by atoms with Gasteiger partial charge >= 0.3 is 0 Å². The second-order valence-corrected chi connectivity index (χ2v) is 11.9. The van der Waals surface area contributed by atoms with Crippen LogP contribution >= 0.6 is 11.8 Å². The molecule has 1 aliphatic heterocycles. The first-order valence-corrected chi connectivity index (χ1v) is 11.6. The molecule has 0 bridgehead atoms. The van der Waals surface area contributed by atoms with Crippen molar-refractivity contribution in [2.24, 2.45) is 5.41 Å². The molecule has 7 nitrogen and oxygen atoms in total. The van der Waals surface area contributed by atoms with Gasteiger partial charge < -0.3 is 4.74 Å². The summed E-state index contributed by atoms with van der Waals surface area (Å²) >= 11 is 1.49. The van der Waals surface area contributed by atoms with E-state index >= 15 is 0 Å². The smallest absolute Gasteiger partial charge is 0.263 e. The van der Waals surface area contributed by atoms with E-state index in [-0.39, 0.29) is 23.5 Å². The maximum Gasteiger partial charge on any atom is 0.263 e. The van der Waals surface area contributed by atoms with E-state index in [0.717, 1.165) is 4.31 Å². The third kappa shape index (κ3) is 5.89. The average molecular weight is 441 g/mol. The van der Waals surface area contributed by atoms with Crippen molar-refractivity contribution in [1.29, 1.82) is 0 Å². The third-order valence-electron chi connectivity index (χ3n) is 4.30. The number of hydroxylamine groups is 1. The lowest BCUT2D eigenvalue weighted by molar-refractivity contribution is -0.134. The van der Waals surface area contributed by atoms with Crippen LogP contribution in [0.25, 0.3) is 0 Å². The van der Waals surface area contributed by atoms with E-state index in [1.807, 2.05) is 20.8 Å². The molecule has 0 aromatic heterocycles. The topological polar surface area (TPSA) is 95.9 Å². The standard InChI is InChI=1S/C20H28N2O5S2/c1-19(2,3)11-6-13-27-15-7-9-16(10-8-15)29(25,26)22-12-14-28-20(4,5)17(22)18(23)21-24/h7-10,17,24H,12-14H2,1-5H3,(H,21,23). The fourth-order valence-corrected chi connectivity index (χ4v) is 6.09. The predicted octanol–water partition coefficient (Wildman–Crippen LogP) is 2.50. The maximum atomic E-state index is 13.2. The zero-order valence-electron chi connectivity index (χ0n) is 17.4. The molecule has 1 atom stereocenters. The lowest BCUT2D eigenvalue weighted by atomic mass is 9.98. The molecule has 1 aromatic carbocycles. The third-order valence-corrected chi connectivity index (χ3v) is 7.53. The van der Waals surface area contributed by atoms with E-state index in [9.17, 15) is 13.2 Å². The highest BCUT2D eigenvalue weighted by atomic mass is 32.2. The van der Waals surface area contributed by atoms with Gasteiger partial charge in [-0.25, -0.2) is 13.9 Å². The minimum atomic E-state index is -3.93. The molecule has 0 radical (unpaired) electrons. The van der Waals surface area contributed by atoms with Crippen molar-refractivity contribution in [3.63, 3.8) is 0 Å². The largest absolute Gasteiger partial charge is 0.481 e. The number of carbonyl (C=O) groups is 1. The van der Waals surface area contributed by atoms with Crippen LogP contribution in [0, 0.1) is 17.3 Å². The number of hydrogen-bond acceptors (Lipinski definition) is 6. The minimum Gasteiger partial charge on any atom is -0.481 e. The number of nitrogens with zero attached hydrogens (tertiary/aromatic N) is 1.